The molecule has 1 amide bonds. The van der Waals surface area contributed by atoms with Crippen LogP contribution < -0.4 is 5.32 Å². The molecule has 0 radical (unpaired) electrons. The maximum Gasteiger partial charge on any atom is 0.220 e. The van der Waals surface area contributed by atoms with Crippen molar-refractivity contribution < 1.29 is 9.18 Å². The van der Waals surface area contributed by atoms with Crippen molar-refractivity contribution in [2.75, 3.05) is 0 Å². The summed E-state index contributed by atoms with van der Waals surface area (Å²) in [5.74, 6) is -0.302. The molecule has 118 valence electrons. The van der Waals surface area contributed by atoms with Crippen LogP contribution in [0.25, 0.3) is 5.65 Å². The smallest absolute Gasteiger partial charge is 0.220 e. The first-order valence-electron chi connectivity index (χ1n) is 7.56. The normalized spacial score (nSPS) is 10.9. The number of pyridine rings is 1. The Morgan fingerprint density at radius 2 is 2.00 bits per heavy atom. The monoisotopic (exact) mass is 311 g/mol. The average Bonchev–Trinajstić information content (AvgIpc) is 2.97. The lowest BCUT2D eigenvalue weighted by atomic mass is 10.1. The molecule has 0 spiro atoms. The van der Waals surface area contributed by atoms with Gasteiger partial charge in [0.15, 0.2) is 0 Å². The molecule has 0 saturated carbocycles. The van der Waals surface area contributed by atoms with Crippen molar-refractivity contribution in [1.82, 2.24) is 14.7 Å². The minimum absolute atomic E-state index is 0.0388. The van der Waals surface area contributed by atoms with Crippen molar-refractivity contribution in [1.29, 1.82) is 0 Å². The van der Waals surface area contributed by atoms with E-state index in [1.54, 1.807) is 12.1 Å². The zero-order valence-corrected chi connectivity index (χ0v) is 12.9. The van der Waals surface area contributed by atoms with Crippen molar-refractivity contribution in [2.24, 2.45) is 0 Å². The van der Waals surface area contributed by atoms with E-state index >= 15 is 0 Å². The van der Waals surface area contributed by atoms with E-state index in [2.05, 4.69) is 10.3 Å². The average molecular weight is 311 g/mol. The van der Waals surface area contributed by atoms with Crippen LogP contribution in [0.3, 0.4) is 0 Å². The fraction of sp³-hybridized carbons (Fsp3) is 0.222. The van der Waals surface area contributed by atoms with Crippen LogP contribution in [0.15, 0.2) is 48.7 Å². The molecular formula is C18H18FN3O. The SMILES string of the molecule is Cc1cccc2nc(CNC(=O)CCc3ccc(F)cc3)cn12. The van der Waals surface area contributed by atoms with Crippen molar-refractivity contribution >= 4 is 11.6 Å². The Kier molecular flexibility index (Phi) is 4.37. The minimum Gasteiger partial charge on any atom is -0.350 e. The van der Waals surface area contributed by atoms with Crippen LogP contribution in [-0.2, 0) is 17.8 Å². The quantitative estimate of drug-likeness (QED) is 0.787. The number of fused-ring (bicyclic) bond motifs is 1. The van der Waals surface area contributed by atoms with E-state index in [1.807, 2.05) is 35.7 Å². The van der Waals surface area contributed by atoms with Crippen LogP contribution in [0.4, 0.5) is 4.39 Å². The van der Waals surface area contributed by atoms with Gasteiger partial charge in [0, 0.05) is 18.3 Å². The first kappa shape index (κ1) is 15.2. The van der Waals surface area contributed by atoms with Gasteiger partial charge in [-0.05, 0) is 43.2 Å². The van der Waals surface area contributed by atoms with Gasteiger partial charge >= 0.3 is 0 Å². The lowest BCUT2D eigenvalue weighted by Crippen LogP contribution is -2.23. The summed E-state index contributed by atoms with van der Waals surface area (Å²) in [4.78, 5) is 16.4. The predicted octanol–water partition coefficient (Wildman–Crippen LogP) is 3.03. The molecule has 23 heavy (non-hydrogen) atoms. The zero-order valence-electron chi connectivity index (χ0n) is 12.9. The summed E-state index contributed by atoms with van der Waals surface area (Å²) in [6.07, 6.45) is 2.90. The molecule has 2 heterocycles. The molecule has 0 aliphatic heterocycles. The Labute approximate surface area is 134 Å². The number of imidazole rings is 1. The summed E-state index contributed by atoms with van der Waals surface area (Å²) in [6.45, 7) is 2.42. The largest absolute Gasteiger partial charge is 0.350 e. The van der Waals surface area contributed by atoms with Crippen LogP contribution in [0.5, 0.6) is 0 Å². The lowest BCUT2D eigenvalue weighted by Gasteiger charge is -2.03. The highest BCUT2D eigenvalue weighted by molar-refractivity contribution is 5.76. The van der Waals surface area contributed by atoms with Crippen LogP contribution in [0.1, 0.15) is 23.4 Å². The number of aryl methyl sites for hydroxylation is 2. The van der Waals surface area contributed by atoms with Gasteiger partial charge in [0.25, 0.3) is 0 Å². The number of rotatable bonds is 5. The number of benzene rings is 1. The van der Waals surface area contributed by atoms with E-state index in [1.165, 1.54) is 12.1 Å². The Morgan fingerprint density at radius 3 is 2.74 bits per heavy atom. The van der Waals surface area contributed by atoms with Crippen LogP contribution in [0, 0.1) is 12.7 Å². The maximum atomic E-state index is 12.8. The van der Waals surface area contributed by atoms with Crippen molar-refractivity contribution in [3.05, 3.63) is 71.4 Å². The van der Waals surface area contributed by atoms with E-state index in [4.69, 9.17) is 0 Å². The maximum absolute atomic E-state index is 12.8. The number of nitrogens with one attached hydrogen (secondary N) is 1. The first-order valence-corrected chi connectivity index (χ1v) is 7.56. The molecule has 0 aliphatic carbocycles. The third kappa shape index (κ3) is 3.74. The van der Waals surface area contributed by atoms with Crippen molar-refractivity contribution in [3.63, 3.8) is 0 Å². The highest BCUT2D eigenvalue weighted by atomic mass is 19.1. The standard InChI is InChI=1S/C18H18FN3O/c1-13-3-2-4-17-21-16(12-22(13)17)11-20-18(23)10-7-14-5-8-15(19)9-6-14/h2-6,8-9,12H,7,10-11H2,1H3,(H,20,23). The van der Waals surface area contributed by atoms with Gasteiger partial charge < -0.3 is 9.72 Å². The van der Waals surface area contributed by atoms with Crippen molar-refractivity contribution in [2.45, 2.75) is 26.3 Å². The number of hydrogen-bond donors (Lipinski definition) is 1. The van der Waals surface area contributed by atoms with E-state index in [9.17, 15) is 9.18 Å². The molecule has 0 aliphatic rings. The molecular weight excluding hydrogens is 293 g/mol. The van der Waals surface area contributed by atoms with E-state index in [-0.39, 0.29) is 11.7 Å². The second-order valence-corrected chi connectivity index (χ2v) is 5.53. The number of hydrogen-bond acceptors (Lipinski definition) is 2. The summed E-state index contributed by atoms with van der Waals surface area (Å²) in [5.41, 5.74) is 3.75. The van der Waals surface area contributed by atoms with Crippen LogP contribution in [-0.4, -0.2) is 15.3 Å². The lowest BCUT2D eigenvalue weighted by molar-refractivity contribution is -0.121. The Bertz CT molecular complexity index is 824. The molecule has 4 nitrogen and oxygen atoms in total. The second-order valence-electron chi connectivity index (χ2n) is 5.53. The molecule has 0 fully saturated rings. The number of amides is 1. The molecule has 0 unspecified atom stereocenters. The van der Waals surface area contributed by atoms with Gasteiger partial charge in [-0.3, -0.25) is 4.79 Å². The topological polar surface area (TPSA) is 46.4 Å². The molecule has 2 aromatic heterocycles. The minimum atomic E-state index is -0.264. The van der Waals surface area contributed by atoms with E-state index in [0.29, 0.717) is 19.4 Å². The summed E-state index contributed by atoms with van der Waals surface area (Å²) < 4.78 is 14.8. The third-order valence-corrected chi connectivity index (χ3v) is 3.77. The van der Waals surface area contributed by atoms with Gasteiger partial charge in [0.2, 0.25) is 5.91 Å². The number of carbonyl (C=O) groups excluding carboxylic acids is 1. The number of halogens is 1. The van der Waals surface area contributed by atoms with Gasteiger partial charge in [0.05, 0.1) is 12.2 Å². The first-order chi connectivity index (χ1) is 11.1. The van der Waals surface area contributed by atoms with Gasteiger partial charge in [-0.1, -0.05) is 18.2 Å². The molecule has 5 heteroatoms. The van der Waals surface area contributed by atoms with Gasteiger partial charge in [-0.15, -0.1) is 0 Å². The number of aromatic nitrogens is 2. The molecule has 1 N–H and O–H groups in total. The molecule has 0 bridgehead atoms. The number of carbonyl (C=O) groups is 1. The Hall–Kier alpha value is -2.69. The van der Waals surface area contributed by atoms with Gasteiger partial charge in [-0.2, -0.15) is 0 Å². The van der Waals surface area contributed by atoms with Crippen molar-refractivity contribution in [3.8, 4) is 0 Å². The fourth-order valence-electron chi connectivity index (χ4n) is 2.47. The van der Waals surface area contributed by atoms with Crippen LogP contribution >= 0.6 is 0 Å². The molecule has 3 rings (SSSR count). The molecule has 1 aromatic carbocycles. The summed E-state index contributed by atoms with van der Waals surface area (Å²) in [6, 6.07) is 12.1. The summed E-state index contributed by atoms with van der Waals surface area (Å²) >= 11 is 0. The molecule has 0 atom stereocenters. The fourth-order valence-corrected chi connectivity index (χ4v) is 2.47. The Balaban J connectivity index is 1.53. The van der Waals surface area contributed by atoms with Crippen LogP contribution in [0.2, 0.25) is 0 Å². The van der Waals surface area contributed by atoms with E-state index < -0.39 is 0 Å². The third-order valence-electron chi connectivity index (χ3n) is 3.77. The Morgan fingerprint density at radius 1 is 1.22 bits per heavy atom. The highest BCUT2D eigenvalue weighted by Crippen LogP contribution is 2.09. The zero-order chi connectivity index (χ0) is 16.2. The second kappa shape index (κ2) is 6.60. The number of nitrogens with zero attached hydrogens (tertiary/aromatic N) is 2. The van der Waals surface area contributed by atoms with Gasteiger partial charge in [0.1, 0.15) is 11.5 Å². The summed E-state index contributed by atoms with van der Waals surface area (Å²) in [5, 5.41) is 2.87. The van der Waals surface area contributed by atoms with Gasteiger partial charge in [-0.25, -0.2) is 9.37 Å². The summed E-state index contributed by atoms with van der Waals surface area (Å²) in [7, 11) is 0. The predicted molar refractivity (Wildman–Crippen MR) is 86.5 cm³/mol. The molecule has 3 aromatic rings. The van der Waals surface area contributed by atoms with E-state index in [0.717, 1.165) is 22.6 Å². The highest BCUT2D eigenvalue weighted by Gasteiger charge is 2.06. The molecule has 0 saturated heterocycles.